The summed E-state index contributed by atoms with van der Waals surface area (Å²) in [6, 6.07) is 14.7. The van der Waals surface area contributed by atoms with Crippen molar-refractivity contribution in [1.29, 1.82) is 0 Å². The third kappa shape index (κ3) is 6.78. The van der Waals surface area contributed by atoms with E-state index in [2.05, 4.69) is 50.5 Å². The number of nitrogens with zero attached hydrogens (tertiary/aromatic N) is 2. The molecule has 1 saturated heterocycles. The van der Waals surface area contributed by atoms with E-state index in [0.29, 0.717) is 6.54 Å². The van der Waals surface area contributed by atoms with E-state index in [0.717, 1.165) is 53.3 Å². The van der Waals surface area contributed by atoms with Crippen molar-refractivity contribution in [2.24, 2.45) is 0 Å². The van der Waals surface area contributed by atoms with E-state index in [1.165, 1.54) is 24.9 Å². The van der Waals surface area contributed by atoms with E-state index in [1.54, 1.807) is 0 Å². The van der Waals surface area contributed by atoms with E-state index in [1.807, 2.05) is 30.5 Å². The number of carboxylic acids is 1. The fourth-order valence-corrected chi connectivity index (χ4v) is 4.29. The fourth-order valence-electron chi connectivity index (χ4n) is 4.29. The average molecular weight is 513 g/mol. The molecule has 2 aliphatic rings. The summed E-state index contributed by atoms with van der Waals surface area (Å²) in [5, 5.41) is 10.0. The summed E-state index contributed by atoms with van der Waals surface area (Å²) in [6.45, 7) is 3.01. The number of anilines is 1. The summed E-state index contributed by atoms with van der Waals surface area (Å²) < 4.78 is 31.7. The quantitative estimate of drug-likeness (QED) is 0.449. The van der Waals surface area contributed by atoms with E-state index in [-0.39, 0.29) is 5.91 Å². The summed E-state index contributed by atoms with van der Waals surface area (Å²) in [5.74, 6) is -2.76. The van der Waals surface area contributed by atoms with E-state index in [9.17, 15) is 18.0 Å². The first-order valence-electron chi connectivity index (χ1n) is 12.0. The molecule has 1 aromatic carbocycles. The Bertz CT molecular complexity index is 1280. The number of aromatic nitrogens is 2. The molecule has 0 unspecified atom stereocenters. The zero-order valence-electron chi connectivity index (χ0n) is 20.0. The summed E-state index contributed by atoms with van der Waals surface area (Å²) in [6.07, 6.45) is 5.63. The number of fused-ring (bicyclic) bond motifs is 1. The molecule has 0 saturated carbocycles. The van der Waals surface area contributed by atoms with Crippen molar-refractivity contribution in [1.82, 2.24) is 15.3 Å². The minimum absolute atomic E-state index is 0.000857. The smallest absolute Gasteiger partial charge is 0.475 e. The molecule has 194 valence electrons. The number of pyridine rings is 1. The van der Waals surface area contributed by atoms with Crippen LogP contribution in [0.2, 0.25) is 0 Å². The Morgan fingerprint density at radius 1 is 1.03 bits per heavy atom. The normalized spacial score (nSPS) is 15.5. The zero-order chi connectivity index (χ0) is 26.4. The highest BCUT2D eigenvalue weighted by atomic mass is 19.4. The molecule has 3 aromatic rings. The third-order valence-electron chi connectivity index (χ3n) is 6.20. The minimum Gasteiger partial charge on any atom is -0.475 e. The third-order valence-corrected chi connectivity index (χ3v) is 6.20. The van der Waals surface area contributed by atoms with Gasteiger partial charge in [-0.15, -0.1) is 0 Å². The van der Waals surface area contributed by atoms with E-state index < -0.39 is 12.1 Å². The highest BCUT2D eigenvalue weighted by molar-refractivity contribution is 5.97. The molecule has 3 N–H and O–H groups in total. The first-order valence-corrected chi connectivity index (χ1v) is 12.0. The molecule has 0 atom stereocenters. The summed E-state index contributed by atoms with van der Waals surface area (Å²) in [4.78, 5) is 31.3. The SMILES string of the molecule is O=C(O)C(F)(F)F.O=C1NCCc2[nH]c(-c3ccnc(C=Cc4ccc(N5CCCCC5)cc4)c3)cc21. The summed E-state index contributed by atoms with van der Waals surface area (Å²) >= 11 is 0. The maximum Gasteiger partial charge on any atom is 0.490 e. The van der Waals surface area contributed by atoms with Crippen molar-refractivity contribution in [3.63, 3.8) is 0 Å². The predicted octanol–water partition coefficient (Wildman–Crippen LogP) is 5.16. The van der Waals surface area contributed by atoms with Gasteiger partial charge in [0.25, 0.3) is 5.91 Å². The van der Waals surface area contributed by atoms with Gasteiger partial charge < -0.3 is 20.3 Å². The number of rotatable bonds is 4. The van der Waals surface area contributed by atoms with Gasteiger partial charge in [0.2, 0.25) is 0 Å². The molecule has 1 amide bonds. The largest absolute Gasteiger partial charge is 0.490 e. The molecule has 4 heterocycles. The second-order valence-corrected chi connectivity index (χ2v) is 8.83. The van der Waals surface area contributed by atoms with Gasteiger partial charge in [0.05, 0.1) is 11.3 Å². The van der Waals surface area contributed by atoms with Gasteiger partial charge in [-0.2, -0.15) is 13.2 Å². The number of carbonyl (C=O) groups is 2. The maximum absolute atomic E-state index is 12.0. The number of carboxylic acid groups (broad SMARTS) is 1. The molecule has 0 aliphatic carbocycles. The van der Waals surface area contributed by atoms with E-state index >= 15 is 0 Å². The lowest BCUT2D eigenvalue weighted by molar-refractivity contribution is -0.192. The van der Waals surface area contributed by atoms with Gasteiger partial charge in [-0.3, -0.25) is 9.78 Å². The van der Waals surface area contributed by atoms with Crippen molar-refractivity contribution in [2.75, 3.05) is 24.5 Å². The van der Waals surface area contributed by atoms with Crippen LogP contribution in [0.1, 0.15) is 46.6 Å². The van der Waals surface area contributed by atoms with Crippen molar-refractivity contribution in [3.8, 4) is 11.3 Å². The van der Waals surface area contributed by atoms with Gasteiger partial charge in [-0.25, -0.2) is 4.79 Å². The number of amides is 1. The molecule has 0 radical (unpaired) electrons. The molecule has 5 rings (SSSR count). The molecule has 2 aliphatic heterocycles. The number of hydrogen-bond acceptors (Lipinski definition) is 4. The van der Waals surface area contributed by atoms with Crippen LogP contribution >= 0.6 is 0 Å². The Morgan fingerprint density at radius 3 is 2.38 bits per heavy atom. The number of aliphatic carboxylic acids is 1. The first kappa shape index (κ1) is 26.0. The highest BCUT2D eigenvalue weighted by Crippen LogP contribution is 2.25. The van der Waals surface area contributed by atoms with Gasteiger partial charge in [0, 0.05) is 54.9 Å². The number of piperidine rings is 1. The zero-order valence-corrected chi connectivity index (χ0v) is 20.0. The lowest BCUT2D eigenvalue weighted by Gasteiger charge is -2.28. The monoisotopic (exact) mass is 512 g/mol. The summed E-state index contributed by atoms with van der Waals surface area (Å²) in [5.41, 5.74) is 7.12. The molecule has 0 spiro atoms. The number of hydrogen-bond donors (Lipinski definition) is 3. The molecule has 37 heavy (non-hydrogen) atoms. The Labute approximate surface area is 212 Å². The van der Waals surface area contributed by atoms with Gasteiger partial charge in [0.15, 0.2) is 0 Å². The first-order chi connectivity index (χ1) is 17.7. The standard InChI is InChI=1S/C25H26N4O.C2HF3O2/c30-25-22-17-24(28-23(22)11-13-27-25)19-10-12-26-20(16-19)7-4-18-5-8-21(9-6-18)29-14-2-1-3-15-29;3-2(4,5)1(6)7/h4-10,12,16-17,28H,1-3,11,13-15H2,(H,27,30);(H,6,7). The second kappa shape index (κ2) is 11.3. The Hall–Kier alpha value is -4.08. The van der Waals surface area contributed by atoms with Crippen molar-refractivity contribution in [2.45, 2.75) is 31.9 Å². The number of aromatic amines is 1. The van der Waals surface area contributed by atoms with Crippen LogP contribution in [0.3, 0.4) is 0 Å². The van der Waals surface area contributed by atoms with Gasteiger partial charge in [-0.1, -0.05) is 18.2 Å². The van der Waals surface area contributed by atoms with Crippen molar-refractivity contribution >= 4 is 29.7 Å². The van der Waals surface area contributed by atoms with Gasteiger partial charge >= 0.3 is 12.1 Å². The molecular weight excluding hydrogens is 485 g/mol. The number of H-pyrrole nitrogens is 1. The van der Waals surface area contributed by atoms with Crippen LogP contribution < -0.4 is 10.2 Å². The van der Waals surface area contributed by atoms with Crippen LogP contribution in [0.4, 0.5) is 18.9 Å². The number of carbonyl (C=O) groups excluding carboxylic acids is 1. The molecule has 7 nitrogen and oxygen atoms in total. The van der Waals surface area contributed by atoms with Crippen molar-refractivity contribution in [3.05, 3.63) is 71.2 Å². The lowest BCUT2D eigenvalue weighted by Crippen LogP contribution is -2.31. The molecule has 0 bridgehead atoms. The Morgan fingerprint density at radius 2 is 1.73 bits per heavy atom. The highest BCUT2D eigenvalue weighted by Gasteiger charge is 2.38. The minimum atomic E-state index is -5.08. The lowest BCUT2D eigenvalue weighted by atomic mass is 10.1. The maximum atomic E-state index is 12.0. The number of halogens is 3. The molecule has 10 heteroatoms. The summed E-state index contributed by atoms with van der Waals surface area (Å²) in [7, 11) is 0. The molecular formula is C27H27F3N4O3. The molecule has 1 fully saturated rings. The van der Waals surface area contributed by atoms with Gasteiger partial charge in [-0.05, 0) is 61.2 Å². The number of alkyl halides is 3. The fraction of sp³-hybridized carbons (Fsp3) is 0.296. The van der Waals surface area contributed by atoms with Crippen LogP contribution in [-0.4, -0.2) is 52.8 Å². The predicted molar refractivity (Wildman–Crippen MR) is 135 cm³/mol. The van der Waals surface area contributed by atoms with Crippen LogP contribution in [0.25, 0.3) is 23.4 Å². The van der Waals surface area contributed by atoms with Gasteiger partial charge in [0.1, 0.15) is 0 Å². The Kier molecular flexibility index (Phi) is 7.95. The second-order valence-electron chi connectivity index (χ2n) is 8.83. The van der Waals surface area contributed by atoms with Crippen LogP contribution in [0, 0.1) is 0 Å². The Balaban J connectivity index is 0.000000405. The van der Waals surface area contributed by atoms with E-state index in [4.69, 9.17) is 9.90 Å². The number of benzene rings is 1. The topological polar surface area (TPSA) is 98.3 Å². The van der Waals surface area contributed by atoms with Crippen LogP contribution in [0.15, 0.2) is 48.7 Å². The van der Waals surface area contributed by atoms with Crippen LogP contribution in [-0.2, 0) is 11.2 Å². The average Bonchev–Trinajstić information content (AvgIpc) is 3.34. The number of nitrogens with one attached hydrogen (secondary N) is 2. The molecule has 2 aromatic heterocycles. The van der Waals surface area contributed by atoms with Crippen LogP contribution in [0.5, 0.6) is 0 Å². The van der Waals surface area contributed by atoms with Crippen molar-refractivity contribution < 1.29 is 27.9 Å².